The average molecular weight is 369 g/mol. The predicted molar refractivity (Wildman–Crippen MR) is 92.1 cm³/mol. The van der Waals surface area contributed by atoms with Crippen LogP contribution in [-0.4, -0.2) is 43.6 Å². The van der Waals surface area contributed by atoms with Gasteiger partial charge in [0, 0.05) is 17.6 Å². The molecule has 0 aliphatic carbocycles. The van der Waals surface area contributed by atoms with Gasteiger partial charge in [-0.2, -0.15) is 0 Å². The van der Waals surface area contributed by atoms with Crippen molar-refractivity contribution in [3.8, 4) is 5.75 Å². The molecular weight excluding hydrogens is 344 g/mol. The number of benzene rings is 1. The maximum absolute atomic E-state index is 12.5. The van der Waals surface area contributed by atoms with Crippen molar-refractivity contribution >= 4 is 21.8 Å². The molecule has 1 amide bonds. The third kappa shape index (κ3) is 4.99. The van der Waals surface area contributed by atoms with Gasteiger partial charge in [-0.1, -0.05) is 15.9 Å². The van der Waals surface area contributed by atoms with E-state index >= 15 is 0 Å². The number of carbonyl (C=O) groups is 1. The van der Waals surface area contributed by atoms with Gasteiger partial charge in [0.2, 0.25) is 0 Å². The Labute approximate surface area is 141 Å². The molecule has 1 aromatic rings. The van der Waals surface area contributed by atoms with Crippen LogP contribution in [0.15, 0.2) is 28.7 Å². The molecule has 4 nitrogen and oxygen atoms in total. The molecule has 2 rings (SSSR count). The summed E-state index contributed by atoms with van der Waals surface area (Å²) in [7, 11) is 1.99. The number of hydrogen-bond donors (Lipinski definition) is 1. The molecule has 0 aromatic heterocycles. The summed E-state index contributed by atoms with van der Waals surface area (Å²) >= 11 is 3.39. The van der Waals surface area contributed by atoms with Crippen molar-refractivity contribution in [1.82, 2.24) is 10.2 Å². The second kappa shape index (κ2) is 8.53. The van der Waals surface area contributed by atoms with Crippen LogP contribution in [0.3, 0.4) is 0 Å². The number of ether oxygens (including phenoxy) is 1. The smallest absolute Gasteiger partial charge is 0.263 e. The number of piperidine rings is 1. The molecule has 1 saturated heterocycles. The molecule has 1 unspecified atom stereocenters. The number of nitrogens with one attached hydrogen (secondary N) is 1. The highest BCUT2D eigenvalue weighted by Gasteiger charge is 2.26. The summed E-state index contributed by atoms with van der Waals surface area (Å²) in [6.45, 7) is 4.58. The van der Waals surface area contributed by atoms with Gasteiger partial charge in [-0.05, 0) is 70.0 Å². The largest absolute Gasteiger partial charge is 0.481 e. The Bertz CT molecular complexity index is 470. The standard InChI is InChI=1S/C17H25BrN2O2/c1-13(22-16-5-3-15(18)4-6-16)17(21)20-11-8-14(9-12-20)7-10-19-2/h3-6,13-14,19H,7-12H2,1-2H3. The molecule has 0 saturated carbocycles. The first-order valence-electron chi connectivity index (χ1n) is 7.95. The zero-order valence-electron chi connectivity index (χ0n) is 13.3. The predicted octanol–water partition coefficient (Wildman–Crippen LogP) is 3.06. The fourth-order valence-corrected chi connectivity index (χ4v) is 3.08. The summed E-state index contributed by atoms with van der Waals surface area (Å²) in [5.41, 5.74) is 0. The second-order valence-electron chi connectivity index (χ2n) is 5.87. The van der Waals surface area contributed by atoms with E-state index in [-0.39, 0.29) is 5.91 Å². The van der Waals surface area contributed by atoms with Gasteiger partial charge in [-0.25, -0.2) is 0 Å². The molecule has 1 aliphatic heterocycles. The van der Waals surface area contributed by atoms with E-state index in [1.54, 1.807) is 0 Å². The van der Waals surface area contributed by atoms with E-state index in [1.807, 2.05) is 43.1 Å². The fourth-order valence-electron chi connectivity index (χ4n) is 2.82. The fraction of sp³-hybridized carbons (Fsp3) is 0.588. The quantitative estimate of drug-likeness (QED) is 0.838. The van der Waals surface area contributed by atoms with Crippen LogP contribution in [0.2, 0.25) is 0 Å². The molecule has 0 spiro atoms. The molecule has 122 valence electrons. The monoisotopic (exact) mass is 368 g/mol. The van der Waals surface area contributed by atoms with Gasteiger partial charge < -0.3 is 15.0 Å². The average Bonchev–Trinajstić information content (AvgIpc) is 2.55. The van der Waals surface area contributed by atoms with Crippen LogP contribution in [0.25, 0.3) is 0 Å². The Morgan fingerprint density at radius 3 is 2.59 bits per heavy atom. The SMILES string of the molecule is CNCCC1CCN(C(=O)C(C)Oc2ccc(Br)cc2)CC1. The van der Waals surface area contributed by atoms with Crippen LogP contribution in [0.5, 0.6) is 5.75 Å². The van der Waals surface area contributed by atoms with E-state index < -0.39 is 6.10 Å². The van der Waals surface area contributed by atoms with Crippen molar-refractivity contribution in [3.05, 3.63) is 28.7 Å². The lowest BCUT2D eigenvalue weighted by Crippen LogP contribution is -2.45. The number of nitrogens with zero attached hydrogens (tertiary/aromatic N) is 1. The topological polar surface area (TPSA) is 41.6 Å². The number of likely N-dealkylation sites (tertiary alicyclic amines) is 1. The summed E-state index contributed by atoms with van der Waals surface area (Å²) in [5, 5.41) is 3.19. The molecule has 1 N–H and O–H groups in total. The lowest BCUT2D eigenvalue weighted by molar-refractivity contribution is -0.139. The molecule has 0 bridgehead atoms. The third-order valence-electron chi connectivity index (χ3n) is 4.20. The number of rotatable bonds is 6. The van der Waals surface area contributed by atoms with Crippen molar-refractivity contribution in [3.63, 3.8) is 0 Å². The highest BCUT2D eigenvalue weighted by Crippen LogP contribution is 2.22. The second-order valence-corrected chi connectivity index (χ2v) is 6.79. The summed E-state index contributed by atoms with van der Waals surface area (Å²) in [5.74, 6) is 1.56. The minimum Gasteiger partial charge on any atom is -0.481 e. The Balaban J connectivity index is 1.80. The van der Waals surface area contributed by atoms with Gasteiger partial charge in [-0.3, -0.25) is 4.79 Å². The number of amides is 1. The minimum atomic E-state index is -0.435. The first-order chi connectivity index (χ1) is 10.6. The molecule has 5 heteroatoms. The molecule has 0 radical (unpaired) electrons. The van der Waals surface area contributed by atoms with E-state index in [4.69, 9.17) is 4.74 Å². The molecule has 1 aromatic carbocycles. The molecule has 1 heterocycles. The van der Waals surface area contributed by atoms with E-state index in [2.05, 4.69) is 21.2 Å². The normalized spacial score (nSPS) is 17.3. The Morgan fingerprint density at radius 1 is 1.36 bits per heavy atom. The Hall–Kier alpha value is -1.07. The zero-order chi connectivity index (χ0) is 15.9. The van der Waals surface area contributed by atoms with Crippen molar-refractivity contribution in [2.75, 3.05) is 26.7 Å². The van der Waals surface area contributed by atoms with Crippen molar-refractivity contribution in [1.29, 1.82) is 0 Å². The summed E-state index contributed by atoms with van der Waals surface area (Å²) < 4.78 is 6.76. The van der Waals surface area contributed by atoms with E-state index in [1.165, 1.54) is 6.42 Å². The lowest BCUT2D eigenvalue weighted by Gasteiger charge is -2.33. The van der Waals surface area contributed by atoms with Gasteiger partial charge in [0.25, 0.3) is 5.91 Å². The van der Waals surface area contributed by atoms with E-state index in [0.717, 1.165) is 48.6 Å². The Morgan fingerprint density at radius 2 is 2.00 bits per heavy atom. The highest BCUT2D eigenvalue weighted by molar-refractivity contribution is 9.10. The van der Waals surface area contributed by atoms with Gasteiger partial charge in [0.1, 0.15) is 5.75 Å². The minimum absolute atomic E-state index is 0.0926. The van der Waals surface area contributed by atoms with Gasteiger partial charge >= 0.3 is 0 Å². The summed E-state index contributed by atoms with van der Waals surface area (Å²) in [6.07, 6.45) is 2.95. The van der Waals surface area contributed by atoms with Crippen molar-refractivity contribution < 1.29 is 9.53 Å². The summed E-state index contributed by atoms with van der Waals surface area (Å²) in [4.78, 5) is 14.4. The van der Waals surface area contributed by atoms with Crippen LogP contribution in [0.1, 0.15) is 26.2 Å². The van der Waals surface area contributed by atoms with Crippen molar-refractivity contribution in [2.24, 2.45) is 5.92 Å². The van der Waals surface area contributed by atoms with Crippen LogP contribution in [-0.2, 0) is 4.79 Å². The molecule has 22 heavy (non-hydrogen) atoms. The zero-order valence-corrected chi connectivity index (χ0v) is 14.9. The van der Waals surface area contributed by atoms with Crippen LogP contribution in [0.4, 0.5) is 0 Å². The number of carbonyl (C=O) groups excluding carboxylic acids is 1. The Kier molecular flexibility index (Phi) is 6.70. The lowest BCUT2D eigenvalue weighted by atomic mass is 9.93. The van der Waals surface area contributed by atoms with Crippen molar-refractivity contribution in [2.45, 2.75) is 32.3 Å². The molecular formula is C17H25BrN2O2. The molecule has 1 atom stereocenters. The van der Waals surface area contributed by atoms with Gasteiger partial charge in [0.05, 0.1) is 0 Å². The highest BCUT2D eigenvalue weighted by atomic mass is 79.9. The number of hydrogen-bond acceptors (Lipinski definition) is 3. The molecule has 1 aliphatic rings. The maximum atomic E-state index is 12.5. The van der Waals surface area contributed by atoms with Gasteiger partial charge in [-0.15, -0.1) is 0 Å². The number of halogens is 1. The molecule has 1 fully saturated rings. The third-order valence-corrected chi connectivity index (χ3v) is 4.73. The first kappa shape index (κ1) is 17.3. The summed E-state index contributed by atoms with van der Waals surface area (Å²) in [6, 6.07) is 7.58. The van der Waals surface area contributed by atoms with Crippen LogP contribution in [0, 0.1) is 5.92 Å². The van der Waals surface area contributed by atoms with E-state index in [0.29, 0.717) is 0 Å². The maximum Gasteiger partial charge on any atom is 0.263 e. The van der Waals surface area contributed by atoms with Gasteiger partial charge in [0.15, 0.2) is 6.10 Å². The van der Waals surface area contributed by atoms with E-state index in [9.17, 15) is 4.79 Å². The van der Waals surface area contributed by atoms with Crippen LogP contribution < -0.4 is 10.1 Å². The first-order valence-corrected chi connectivity index (χ1v) is 8.75. The van der Waals surface area contributed by atoms with Crippen LogP contribution >= 0.6 is 15.9 Å².